The van der Waals surface area contributed by atoms with Crippen LogP contribution in [0.3, 0.4) is 0 Å². The highest BCUT2D eigenvalue weighted by Crippen LogP contribution is 2.37. The number of fused-ring (bicyclic) bond motifs is 1. The van der Waals surface area contributed by atoms with Gasteiger partial charge in [-0.1, -0.05) is 60.5 Å². The summed E-state index contributed by atoms with van der Waals surface area (Å²) in [6.45, 7) is 6.14. The molecule has 1 fully saturated rings. The lowest BCUT2D eigenvalue weighted by Gasteiger charge is -2.42. The summed E-state index contributed by atoms with van der Waals surface area (Å²) in [7, 11) is 0. The van der Waals surface area contributed by atoms with Gasteiger partial charge in [-0.15, -0.1) is 0 Å². The van der Waals surface area contributed by atoms with Crippen molar-refractivity contribution in [1.82, 2.24) is 9.80 Å². The Hall–Kier alpha value is -1.55. The third kappa shape index (κ3) is 4.07. The van der Waals surface area contributed by atoms with E-state index in [0.717, 1.165) is 31.7 Å². The number of nitrogens with zero attached hydrogens (tertiary/aromatic N) is 2. The largest absolute Gasteiger partial charge is 0.333 e. The maximum absolute atomic E-state index is 13.3. The minimum Gasteiger partial charge on any atom is -0.333 e. The Bertz CT molecular complexity index is 863. The Kier molecular flexibility index (Phi) is 5.96. The van der Waals surface area contributed by atoms with E-state index in [1.807, 2.05) is 6.07 Å². The second-order valence-corrected chi connectivity index (χ2v) is 8.84. The first-order valence-electron chi connectivity index (χ1n) is 10.1. The van der Waals surface area contributed by atoms with E-state index in [1.165, 1.54) is 24.0 Å². The fourth-order valence-electron chi connectivity index (χ4n) is 4.56. The molecule has 0 N–H and O–H groups in total. The fourth-order valence-corrected chi connectivity index (χ4v) is 4.88. The number of rotatable bonds is 4. The molecule has 0 radical (unpaired) electrons. The number of hydrogen-bond donors (Lipinski definition) is 0. The summed E-state index contributed by atoms with van der Waals surface area (Å²) in [5.41, 5.74) is 3.59. The topological polar surface area (TPSA) is 23.6 Å². The standard InChI is InChI=1S/C23H26Cl2N2O/c1-16-14-27(23(28)13-17-8-9-20(24)21(25)12-17)22(15-26-10-4-5-11-26)19-7-3-2-6-18(16)19/h2-3,6-9,12,16,22H,4-5,10-11,13-15H2,1H3/t16-,22+/m0/s1. The molecule has 28 heavy (non-hydrogen) atoms. The highest BCUT2D eigenvalue weighted by atomic mass is 35.5. The van der Waals surface area contributed by atoms with Crippen LogP contribution in [0.2, 0.25) is 10.0 Å². The zero-order chi connectivity index (χ0) is 19.7. The summed E-state index contributed by atoms with van der Waals surface area (Å²) in [5, 5.41) is 1.02. The number of benzene rings is 2. The zero-order valence-electron chi connectivity index (χ0n) is 16.2. The fraction of sp³-hybridized carbons (Fsp3) is 0.435. The summed E-state index contributed by atoms with van der Waals surface area (Å²) in [5.74, 6) is 0.493. The third-order valence-corrected chi connectivity index (χ3v) is 6.76. The molecular weight excluding hydrogens is 391 g/mol. The van der Waals surface area contributed by atoms with Crippen LogP contribution in [-0.4, -0.2) is 41.9 Å². The Labute approximate surface area is 177 Å². The molecule has 2 aliphatic rings. The van der Waals surface area contributed by atoms with E-state index < -0.39 is 0 Å². The SMILES string of the molecule is C[C@H]1CN(C(=O)Cc2ccc(Cl)c(Cl)c2)[C@H](CN2CCCC2)c2ccccc21. The average Bonchev–Trinajstić information content (AvgIpc) is 3.20. The van der Waals surface area contributed by atoms with Crippen molar-refractivity contribution < 1.29 is 4.79 Å². The molecule has 0 spiro atoms. The van der Waals surface area contributed by atoms with Crippen LogP contribution < -0.4 is 0 Å². The molecule has 1 saturated heterocycles. The van der Waals surface area contributed by atoms with E-state index in [-0.39, 0.29) is 11.9 Å². The Morgan fingerprint density at radius 2 is 1.75 bits per heavy atom. The van der Waals surface area contributed by atoms with E-state index in [4.69, 9.17) is 23.2 Å². The van der Waals surface area contributed by atoms with Crippen LogP contribution in [0.25, 0.3) is 0 Å². The van der Waals surface area contributed by atoms with Gasteiger partial charge in [0, 0.05) is 13.1 Å². The van der Waals surface area contributed by atoms with E-state index in [9.17, 15) is 4.79 Å². The van der Waals surface area contributed by atoms with Gasteiger partial charge in [0.25, 0.3) is 0 Å². The molecule has 148 valence electrons. The molecule has 0 aromatic heterocycles. The number of likely N-dealkylation sites (tertiary alicyclic amines) is 1. The molecule has 1 amide bonds. The van der Waals surface area contributed by atoms with Gasteiger partial charge in [-0.25, -0.2) is 0 Å². The van der Waals surface area contributed by atoms with Crippen molar-refractivity contribution in [1.29, 1.82) is 0 Å². The average molecular weight is 417 g/mol. The van der Waals surface area contributed by atoms with Gasteiger partial charge < -0.3 is 9.80 Å². The number of hydrogen-bond acceptors (Lipinski definition) is 2. The van der Waals surface area contributed by atoms with E-state index in [0.29, 0.717) is 22.4 Å². The predicted octanol–water partition coefficient (Wildman–Crippen LogP) is 5.32. The van der Waals surface area contributed by atoms with Gasteiger partial charge >= 0.3 is 0 Å². The van der Waals surface area contributed by atoms with E-state index in [2.05, 4.69) is 41.0 Å². The second kappa shape index (κ2) is 8.44. The summed E-state index contributed by atoms with van der Waals surface area (Å²) in [4.78, 5) is 17.9. The van der Waals surface area contributed by atoms with Crippen molar-refractivity contribution in [3.8, 4) is 0 Å². The number of carbonyl (C=O) groups excluding carboxylic acids is 1. The maximum atomic E-state index is 13.3. The van der Waals surface area contributed by atoms with Crippen molar-refractivity contribution in [2.45, 2.75) is 38.1 Å². The molecule has 3 nitrogen and oxygen atoms in total. The summed E-state index contributed by atoms with van der Waals surface area (Å²) in [6.07, 6.45) is 2.85. The maximum Gasteiger partial charge on any atom is 0.227 e. The molecular formula is C23H26Cl2N2O. The molecule has 2 heterocycles. The van der Waals surface area contributed by atoms with Gasteiger partial charge in [0.2, 0.25) is 5.91 Å². The number of amides is 1. The highest BCUT2D eigenvalue weighted by molar-refractivity contribution is 6.42. The number of halogens is 2. The molecule has 2 aromatic carbocycles. The molecule has 0 unspecified atom stereocenters. The third-order valence-electron chi connectivity index (χ3n) is 6.02. The molecule has 0 saturated carbocycles. The van der Waals surface area contributed by atoms with E-state index >= 15 is 0 Å². The van der Waals surface area contributed by atoms with Gasteiger partial charge in [-0.2, -0.15) is 0 Å². The van der Waals surface area contributed by atoms with Gasteiger partial charge in [-0.3, -0.25) is 4.79 Å². The molecule has 5 heteroatoms. The summed E-state index contributed by atoms with van der Waals surface area (Å²) >= 11 is 12.2. The monoisotopic (exact) mass is 416 g/mol. The molecule has 0 bridgehead atoms. The first-order valence-corrected chi connectivity index (χ1v) is 10.8. The van der Waals surface area contributed by atoms with Crippen LogP contribution in [0.15, 0.2) is 42.5 Å². The smallest absolute Gasteiger partial charge is 0.227 e. The lowest BCUT2D eigenvalue weighted by molar-refractivity contribution is -0.134. The van der Waals surface area contributed by atoms with Crippen molar-refractivity contribution >= 4 is 29.1 Å². The zero-order valence-corrected chi connectivity index (χ0v) is 17.7. The van der Waals surface area contributed by atoms with Gasteiger partial charge in [0.05, 0.1) is 22.5 Å². The van der Waals surface area contributed by atoms with Crippen molar-refractivity contribution in [2.75, 3.05) is 26.2 Å². The van der Waals surface area contributed by atoms with Crippen LogP contribution in [0.4, 0.5) is 0 Å². The lowest BCUT2D eigenvalue weighted by Crippen LogP contribution is -2.46. The second-order valence-electron chi connectivity index (χ2n) is 8.02. The van der Waals surface area contributed by atoms with Gasteiger partial charge in [0.15, 0.2) is 0 Å². The van der Waals surface area contributed by atoms with Crippen LogP contribution >= 0.6 is 23.2 Å². The normalized spacial score (nSPS) is 22.3. The summed E-state index contributed by atoms with van der Waals surface area (Å²) < 4.78 is 0. The molecule has 2 atom stereocenters. The predicted molar refractivity (Wildman–Crippen MR) is 115 cm³/mol. The minimum absolute atomic E-state index is 0.112. The first kappa shape index (κ1) is 19.8. The van der Waals surface area contributed by atoms with Crippen LogP contribution in [0.5, 0.6) is 0 Å². The lowest BCUT2D eigenvalue weighted by atomic mass is 9.85. The van der Waals surface area contributed by atoms with Gasteiger partial charge in [-0.05, 0) is 60.7 Å². The molecule has 4 rings (SSSR count). The van der Waals surface area contributed by atoms with Crippen molar-refractivity contribution in [3.05, 3.63) is 69.2 Å². The highest BCUT2D eigenvalue weighted by Gasteiger charge is 2.35. The van der Waals surface area contributed by atoms with Gasteiger partial charge in [0.1, 0.15) is 0 Å². The Balaban J connectivity index is 1.61. The Morgan fingerprint density at radius 1 is 1.04 bits per heavy atom. The van der Waals surface area contributed by atoms with Crippen molar-refractivity contribution in [2.24, 2.45) is 0 Å². The van der Waals surface area contributed by atoms with Crippen LogP contribution in [0.1, 0.15) is 48.4 Å². The Morgan fingerprint density at radius 3 is 2.46 bits per heavy atom. The first-order chi connectivity index (χ1) is 13.5. The van der Waals surface area contributed by atoms with Crippen LogP contribution in [-0.2, 0) is 11.2 Å². The van der Waals surface area contributed by atoms with Crippen LogP contribution in [0, 0.1) is 0 Å². The quantitative estimate of drug-likeness (QED) is 0.673. The number of carbonyl (C=O) groups is 1. The minimum atomic E-state index is 0.112. The van der Waals surface area contributed by atoms with E-state index in [1.54, 1.807) is 12.1 Å². The summed E-state index contributed by atoms with van der Waals surface area (Å²) in [6, 6.07) is 14.2. The van der Waals surface area contributed by atoms with Crippen molar-refractivity contribution in [3.63, 3.8) is 0 Å². The molecule has 2 aliphatic heterocycles. The molecule has 0 aliphatic carbocycles. The molecule has 2 aromatic rings.